The number of hydrogen-bond donors (Lipinski definition) is 2. The molecule has 206 valence electrons. The Morgan fingerprint density at radius 3 is 2.51 bits per heavy atom. The van der Waals surface area contributed by atoms with Crippen LogP contribution < -0.4 is 15.8 Å². The van der Waals surface area contributed by atoms with E-state index in [1.165, 1.54) is 31.9 Å². The van der Waals surface area contributed by atoms with Crippen molar-refractivity contribution in [3.63, 3.8) is 0 Å². The molecule has 3 atom stereocenters. The first-order valence-corrected chi connectivity index (χ1v) is 14.6. The first-order valence-electron chi connectivity index (χ1n) is 14.6. The van der Waals surface area contributed by atoms with E-state index in [1.54, 1.807) is 6.20 Å². The highest BCUT2D eigenvalue weighted by molar-refractivity contribution is 5.99. The molecule has 2 unspecified atom stereocenters. The van der Waals surface area contributed by atoms with Crippen LogP contribution in [0, 0.1) is 24.7 Å². The summed E-state index contributed by atoms with van der Waals surface area (Å²) in [5.41, 5.74) is 3.44. The molecule has 0 spiro atoms. The molecular weight excluding hydrogens is 490 g/mol. The third-order valence-electron chi connectivity index (χ3n) is 9.47. The van der Waals surface area contributed by atoms with E-state index in [0.29, 0.717) is 34.9 Å². The number of piperidine rings is 1. The van der Waals surface area contributed by atoms with Gasteiger partial charge in [-0.25, -0.2) is 4.98 Å². The van der Waals surface area contributed by atoms with Crippen molar-refractivity contribution >= 4 is 34.1 Å². The fourth-order valence-corrected chi connectivity index (χ4v) is 7.39. The second-order valence-corrected chi connectivity index (χ2v) is 11.9. The van der Waals surface area contributed by atoms with Gasteiger partial charge in [0.1, 0.15) is 5.65 Å². The van der Waals surface area contributed by atoms with Crippen LogP contribution in [0.25, 0.3) is 11.0 Å². The zero-order chi connectivity index (χ0) is 27.1. The zero-order valence-electron chi connectivity index (χ0n) is 23.0. The highest BCUT2D eigenvalue weighted by atomic mass is 16.3. The Hall–Kier alpha value is -3.26. The number of hydrogen-bond acceptors (Lipinski definition) is 7. The summed E-state index contributed by atoms with van der Waals surface area (Å²) in [5.74, 6) is 2.09. The van der Waals surface area contributed by atoms with Crippen molar-refractivity contribution in [1.82, 2.24) is 14.5 Å². The number of anilines is 3. The maximum atomic E-state index is 13.7. The Morgan fingerprint density at radius 1 is 1.10 bits per heavy atom. The lowest BCUT2D eigenvalue weighted by molar-refractivity contribution is 0.101. The number of nitrogens with zero attached hydrogens (tertiary/aromatic N) is 4. The summed E-state index contributed by atoms with van der Waals surface area (Å²) in [6.45, 7) is 5.67. The number of aromatic nitrogens is 3. The molecule has 1 aliphatic heterocycles. The SMILES string of the molecule is CC(=O)c1c(C)c2cnc(Nc3ccc(N4CCC(CCCO)CC4)cc3)nc2n([C@@H]2CC3CCC2C3)c1=O. The monoisotopic (exact) mass is 529 g/mol. The molecule has 2 N–H and O–H groups in total. The summed E-state index contributed by atoms with van der Waals surface area (Å²) in [6, 6.07) is 8.45. The average molecular weight is 530 g/mol. The molecule has 2 saturated carbocycles. The van der Waals surface area contributed by atoms with Crippen LogP contribution in [-0.2, 0) is 0 Å². The molecule has 2 aromatic heterocycles. The standard InChI is InChI=1S/C31H39N5O3/c1-19-26-18-32-31(33-24-7-9-25(10-8-24)35-13-11-21(12-14-35)4-3-15-37)34-29(26)36(30(39)28(19)20(2)38)27-17-22-5-6-23(27)16-22/h7-10,18,21-23,27,37H,3-6,11-17H2,1-2H3,(H,32,33,34)/t22?,23?,27-/m1/s1. The maximum absolute atomic E-state index is 13.7. The van der Waals surface area contributed by atoms with Crippen LogP contribution in [0.3, 0.4) is 0 Å². The van der Waals surface area contributed by atoms with E-state index >= 15 is 0 Å². The second kappa shape index (κ2) is 10.7. The van der Waals surface area contributed by atoms with Gasteiger partial charge >= 0.3 is 0 Å². The molecule has 3 heterocycles. The number of fused-ring (bicyclic) bond motifs is 3. The van der Waals surface area contributed by atoms with Crippen molar-refractivity contribution in [3.8, 4) is 0 Å². The van der Waals surface area contributed by atoms with Gasteiger partial charge in [-0.3, -0.25) is 14.2 Å². The van der Waals surface area contributed by atoms with Crippen molar-refractivity contribution in [2.24, 2.45) is 17.8 Å². The van der Waals surface area contributed by atoms with Crippen LogP contribution >= 0.6 is 0 Å². The Balaban J connectivity index is 1.26. The number of aliphatic hydroxyl groups is 1. The predicted molar refractivity (Wildman–Crippen MR) is 154 cm³/mol. The summed E-state index contributed by atoms with van der Waals surface area (Å²) >= 11 is 0. The Kier molecular flexibility index (Phi) is 7.14. The number of carbonyl (C=O) groups excluding carboxylic acids is 1. The summed E-state index contributed by atoms with van der Waals surface area (Å²) in [5, 5.41) is 13.2. The van der Waals surface area contributed by atoms with Gasteiger partial charge in [0, 0.05) is 48.7 Å². The third kappa shape index (κ3) is 4.95. The lowest BCUT2D eigenvalue weighted by atomic mass is 9.92. The first kappa shape index (κ1) is 26.0. The quantitative estimate of drug-likeness (QED) is 0.377. The number of rotatable bonds is 8. The average Bonchev–Trinajstić information content (AvgIpc) is 3.57. The largest absolute Gasteiger partial charge is 0.396 e. The molecule has 2 bridgehead atoms. The first-order chi connectivity index (χ1) is 18.9. The molecule has 3 aromatic rings. The number of pyridine rings is 1. The van der Waals surface area contributed by atoms with Gasteiger partial charge in [0.2, 0.25) is 5.95 Å². The Morgan fingerprint density at radius 2 is 1.87 bits per heavy atom. The van der Waals surface area contributed by atoms with Crippen LogP contribution in [0.5, 0.6) is 0 Å². The minimum atomic E-state index is -0.209. The van der Waals surface area contributed by atoms with Gasteiger partial charge in [-0.1, -0.05) is 6.42 Å². The van der Waals surface area contributed by atoms with Crippen LogP contribution in [0.2, 0.25) is 0 Å². The van der Waals surface area contributed by atoms with Crippen molar-refractivity contribution in [3.05, 3.63) is 51.9 Å². The Labute approximate surface area is 229 Å². The van der Waals surface area contributed by atoms with Crippen molar-refractivity contribution in [1.29, 1.82) is 0 Å². The number of nitrogens with one attached hydrogen (secondary N) is 1. The Bertz CT molecular complexity index is 1420. The second-order valence-electron chi connectivity index (χ2n) is 11.9. The highest BCUT2D eigenvalue weighted by Gasteiger charge is 2.42. The zero-order valence-corrected chi connectivity index (χ0v) is 23.0. The molecular formula is C31H39N5O3. The molecule has 3 aliphatic rings. The number of Topliss-reactive ketones (excluding diaryl/α,β-unsaturated/α-hetero) is 1. The van der Waals surface area contributed by atoms with Crippen molar-refractivity contribution in [2.75, 3.05) is 29.9 Å². The molecule has 1 saturated heterocycles. The van der Waals surface area contributed by atoms with E-state index in [9.17, 15) is 9.59 Å². The van der Waals surface area contributed by atoms with E-state index in [4.69, 9.17) is 10.1 Å². The smallest absolute Gasteiger partial charge is 0.263 e. The summed E-state index contributed by atoms with van der Waals surface area (Å²) in [6.07, 6.45) is 10.6. The third-order valence-corrected chi connectivity index (χ3v) is 9.47. The number of ketones is 1. The van der Waals surface area contributed by atoms with Gasteiger partial charge in [-0.15, -0.1) is 0 Å². The highest BCUT2D eigenvalue weighted by Crippen LogP contribution is 2.51. The number of benzene rings is 1. The maximum Gasteiger partial charge on any atom is 0.263 e. The number of carbonyl (C=O) groups is 1. The molecule has 0 amide bonds. The van der Waals surface area contributed by atoms with E-state index in [2.05, 4.69) is 27.3 Å². The summed E-state index contributed by atoms with van der Waals surface area (Å²) in [7, 11) is 0. The van der Waals surface area contributed by atoms with Gasteiger partial charge in [0.25, 0.3) is 5.56 Å². The predicted octanol–water partition coefficient (Wildman–Crippen LogP) is 5.40. The van der Waals surface area contributed by atoms with Crippen molar-refractivity contribution in [2.45, 2.75) is 71.3 Å². The van der Waals surface area contributed by atoms with Gasteiger partial charge in [-0.2, -0.15) is 4.98 Å². The molecule has 3 fully saturated rings. The lowest BCUT2D eigenvalue weighted by Crippen LogP contribution is -2.33. The van der Waals surface area contributed by atoms with Crippen LogP contribution in [-0.4, -0.2) is 45.1 Å². The molecule has 0 radical (unpaired) electrons. The van der Waals surface area contributed by atoms with E-state index < -0.39 is 0 Å². The molecule has 2 aliphatic carbocycles. The molecule has 8 heteroatoms. The van der Waals surface area contributed by atoms with Gasteiger partial charge in [0.15, 0.2) is 5.78 Å². The van der Waals surface area contributed by atoms with Gasteiger partial charge < -0.3 is 15.3 Å². The minimum Gasteiger partial charge on any atom is -0.396 e. The fraction of sp³-hybridized carbons (Fsp3) is 0.548. The lowest BCUT2D eigenvalue weighted by Gasteiger charge is -2.33. The molecule has 1 aromatic carbocycles. The fourth-order valence-electron chi connectivity index (χ4n) is 7.39. The van der Waals surface area contributed by atoms with Crippen LogP contribution in [0.4, 0.5) is 17.3 Å². The van der Waals surface area contributed by atoms with Crippen LogP contribution in [0.1, 0.15) is 80.3 Å². The van der Waals surface area contributed by atoms with E-state index in [-0.39, 0.29) is 29.6 Å². The topological polar surface area (TPSA) is 100 Å². The minimum absolute atomic E-state index is 0.0901. The van der Waals surface area contributed by atoms with E-state index in [1.807, 2.05) is 23.6 Å². The molecule has 39 heavy (non-hydrogen) atoms. The van der Waals surface area contributed by atoms with Gasteiger partial charge in [0.05, 0.1) is 5.56 Å². The normalized spacial score (nSPS) is 23.1. The number of aryl methyl sites for hydroxylation is 1. The summed E-state index contributed by atoms with van der Waals surface area (Å²) < 4.78 is 1.82. The molecule has 8 nitrogen and oxygen atoms in total. The number of aliphatic hydroxyl groups excluding tert-OH is 1. The van der Waals surface area contributed by atoms with Crippen molar-refractivity contribution < 1.29 is 9.90 Å². The van der Waals surface area contributed by atoms with Crippen LogP contribution in [0.15, 0.2) is 35.3 Å². The molecule has 6 rings (SSSR count). The van der Waals surface area contributed by atoms with Gasteiger partial charge in [-0.05, 0) is 106 Å². The van der Waals surface area contributed by atoms with E-state index in [0.717, 1.165) is 56.3 Å². The summed E-state index contributed by atoms with van der Waals surface area (Å²) in [4.78, 5) is 38.0.